The van der Waals surface area contributed by atoms with Crippen LogP contribution in [0.1, 0.15) is 66.2 Å². The Bertz CT molecular complexity index is 2530. The van der Waals surface area contributed by atoms with Crippen LogP contribution in [0.4, 0.5) is 10.1 Å². The number of likely N-dealkylation sites (tertiary alicyclic amines) is 1. The van der Waals surface area contributed by atoms with Gasteiger partial charge in [0.2, 0.25) is 17.7 Å². The summed E-state index contributed by atoms with van der Waals surface area (Å²) >= 11 is 7.07. The molecule has 1 unspecified atom stereocenters. The highest BCUT2D eigenvalue weighted by Crippen LogP contribution is 2.42. The van der Waals surface area contributed by atoms with Crippen molar-refractivity contribution >= 4 is 62.9 Å². The van der Waals surface area contributed by atoms with Gasteiger partial charge in [-0.1, -0.05) is 29.8 Å². The number of nitrogens with zero attached hydrogens (tertiary/aromatic N) is 6. The molecule has 304 valence electrons. The van der Waals surface area contributed by atoms with Crippen LogP contribution in [0, 0.1) is 5.82 Å². The van der Waals surface area contributed by atoms with Gasteiger partial charge < -0.3 is 19.1 Å². The predicted octanol–water partition coefficient (Wildman–Crippen LogP) is 5.32. The molecule has 5 aromatic rings. The third-order valence-corrected chi connectivity index (χ3v) is 12.4. The Balaban J connectivity index is 0.999. The molecule has 58 heavy (non-hydrogen) atoms. The summed E-state index contributed by atoms with van der Waals surface area (Å²) in [6.07, 6.45) is 2.67. The number of carbonyl (C=O) groups is 4. The summed E-state index contributed by atoms with van der Waals surface area (Å²) in [5.41, 5.74) is 5.13. The number of para-hydroxylation sites is 1. The number of halogens is 2. The monoisotopic (exact) mass is 811 g/mol. The van der Waals surface area contributed by atoms with E-state index in [9.17, 15) is 24.0 Å². The van der Waals surface area contributed by atoms with Crippen LogP contribution < -0.4 is 15.9 Å². The molecular formula is C43H47ClFN7O6. The van der Waals surface area contributed by atoms with Crippen molar-refractivity contribution in [2.75, 3.05) is 64.8 Å². The minimum atomic E-state index is -0.729. The molecule has 0 spiro atoms. The number of fused-ring (bicyclic) bond motifs is 2. The normalized spacial score (nSPS) is 19.3. The third kappa shape index (κ3) is 7.17. The lowest BCUT2D eigenvalue weighted by atomic mass is 9.87. The predicted molar refractivity (Wildman–Crippen MR) is 220 cm³/mol. The second-order valence-corrected chi connectivity index (χ2v) is 16.3. The first-order valence-electron chi connectivity index (χ1n) is 19.8. The second kappa shape index (κ2) is 15.7. The van der Waals surface area contributed by atoms with E-state index in [1.807, 2.05) is 36.4 Å². The summed E-state index contributed by atoms with van der Waals surface area (Å²) in [6, 6.07) is 14.2. The summed E-state index contributed by atoms with van der Waals surface area (Å²) in [7, 11) is 4.95. The molecule has 0 radical (unpaired) electrons. The Kier molecular flexibility index (Phi) is 10.7. The lowest BCUT2D eigenvalue weighted by Gasteiger charge is -2.36. The SMILES string of the molecule is CC(=O)N1CCC[C@@H](c2cc(-c3ccc(N4CCN(CCc5cccc6c5n(C)c(=O)n6C5CCC(=O)NC5=O)CC4)cc3Cl)c3oc(C(=O)N(C)C)cc3c2F)C1. The number of furan rings is 1. The second-order valence-electron chi connectivity index (χ2n) is 15.9. The van der Waals surface area contributed by atoms with Gasteiger partial charge in [-0.2, -0.15) is 0 Å². The highest BCUT2D eigenvalue weighted by atomic mass is 35.5. The molecule has 3 aromatic carbocycles. The number of carbonyl (C=O) groups excluding carboxylic acids is 4. The fourth-order valence-corrected chi connectivity index (χ4v) is 9.19. The van der Waals surface area contributed by atoms with Gasteiger partial charge in [0.05, 0.1) is 21.4 Å². The van der Waals surface area contributed by atoms with Crippen molar-refractivity contribution in [3.05, 3.63) is 86.7 Å². The maximum absolute atomic E-state index is 16.4. The molecule has 8 rings (SSSR count). The summed E-state index contributed by atoms with van der Waals surface area (Å²) in [4.78, 5) is 70.9. The molecule has 3 aliphatic rings. The lowest BCUT2D eigenvalue weighted by Crippen LogP contribution is -2.47. The van der Waals surface area contributed by atoms with E-state index in [2.05, 4.69) is 15.1 Å². The van der Waals surface area contributed by atoms with Gasteiger partial charge in [0, 0.05) is 109 Å². The molecule has 15 heteroatoms. The largest absolute Gasteiger partial charge is 0.450 e. The van der Waals surface area contributed by atoms with Gasteiger partial charge in [0.1, 0.15) is 17.4 Å². The van der Waals surface area contributed by atoms with Gasteiger partial charge in [-0.3, -0.25) is 38.5 Å². The number of hydrogen-bond acceptors (Lipinski definition) is 8. The van der Waals surface area contributed by atoms with Gasteiger partial charge in [-0.15, -0.1) is 0 Å². The van der Waals surface area contributed by atoms with Crippen molar-refractivity contribution in [3.63, 3.8) is 0 Å². The number of anilines is 1. The molecule has 0 saturated carbocycles. The number of hydrogen-bond donors (Lipinski definition) is 1. The van der Waals surface area contributed by atoms with Crippen molar-refractivity contribution in [2.24, 2.45) is 7.05 Å². The third-order valence-electron chi connectivity index (χ3n) is 12.1. The fourth-order valence-electron chi connectivity index (χ4n) is 8.91. The van der Waals surface area contributed by atoms with Crippen molar-refractivity contribution < 1.29 is 28.0 Å². The number of aromatic nitrogens is 2. The summed E-state index contributed by atoms with van der Waals surface area (Å²) < 4.78 is 25.6. The first-order valence-corrected chi connectivity index (χ1v) is 20.2. The molecular weight excluding hydrogens is 765 g/mol. The standard InChI is InChI=1S/C43H47ClFN7O6/c1-25(53)51-15-6-8-27(24-51)30-22-31(40-32(38(30)45)23-36(58-40)42(56)47(2)3)29-11-10-28(21-33(29)44)50-19-17-49(18-20-50)16-14-26-7-5-9-34-39(26)48(4)43(57)52(34)35-12-13-37(54)46-41(35)55/h5,7,9-11,21-23,27,35H,6,8,12-20,24H2,1-4H3,(H,46,54,55)/t27-,35?/m1/s1. The van der Waals surface area contributed by atoms with Crippen LogP contribution in [0.2, 0.25) is 5.02 Å². The van der Waals surface area contributed by atoms with Gasteiger partial charge in [0.15, 0.2) is 5.76 Å². The molecule has 0 bridgehead atoms. The highest BCUT2D eigenvalue weighted by molar-refractivity contribution is 6.34. The van der Waals surface area contributed by atoms with Crippen LogP contribution >= 0.6 is 11.6 Å². The summed E-state index contributed by atoms with van der Waals surface area (Å²) in [6.45, 7) is 6.49. The summed E-state index contributed by atoms with van der Waals surface area (Å²) in [5, 5.41) is 3.04. The van der Waals surface area contributed by atoms with Crippen molar-refractivity contribution in [3.8, 4) is 11.1 Å². The van der Waals surface area contributed by atoms with Crippen LogP contribution in [0.5, 0.6) is 0 Å². The molecule has 13 nitrogen and oxygen atoms in total. The molecule has 5 heterocycles. The van der Waals surface area contributed by atoms with E-state index in [-0.39, 0.29) is 58.9 Å². The molecule has 3 saturated heterocycles. The Morgan fingerprint density at radius 3 is 2.47 bits per heavy atom. The Morgan fingerprint density at radius 1 is 0.983 bits per heavy atom. The first kappa shape index (κ1) is 39.4. The number of amides is 4. The average Bonchev–Trinajstić information content (AvgIpc) is 3.77. The van der Waals surface area contributed by atoms with Gasteiger partial charge in [-0.05, 0) is 61.1 Å². The van der Waals surface area contributed by atoms with E-state index in [0.717, 1.165) is 62.3 Å². The number of nitrogens with one attached hydrogen (secondary N) is 1. The van der Waals surface area contributed by atoms with Gasteiger partial charge in [-0.25, -0.2) is 9.18 Å². The van der Waals surface area contributed by atoms with E-state index in [0.29, 0.717) is 46.7 Å². The number of aryl methyl sites for hydroxylation is 1. The zero-order chi connectivity index (χ0) is 41.0. The first-order chi connectivity index (χ1) is 27.8. The Morgan fingerprint density at radius 2 is 1.76 bits per heavy atom. The molecule has 2 atom stereocenters. The van der Waals surface area contributed by atoms with Crippen LogP contribution in [0.15, 0.2) is 57.7 Å². The fraction of sp³-hybridized carbons (Fsp3) is 0.419. The highest BCUT2D eigenvalue weighted by Gasteiger charge is 2.33. The molecule has 2 aromatic heterocycles. The number of benzene rings is 3. The maximum atomic E-state index is 16.4. The molecule has 4 amide bonds. The quantitative estimate of drug-likeness (QED) is 0.209. The molecule has 3 fully saturated rings. The van der Waals surface area contributed by atoms with Crippen LogP contribution in [0.3, 0.4) is 0 Å². The number of rotatable bonds is 8. The van der Waals surface area contributed by atoms with Crippen molar-refractivity contribution in [1.82, 2.24) is 29.2 Å². The molecule has 3 aliphatic heterocycles. The average molecular weight is 812 g/mol. The van der Waals surface area contributed by atoms with E-state index >= 15 is 4.39 Å². The maximum Gasteiger partial charge on any atom is 0.329 e. The molecule has 0 aliphatic carbocycles. The van der Waals surface area contributed by atoms with Gasteiger partial charge in [0.25, 0.3) is 5.91 Å². The smallest absolute Gasteiger partial charge is 0.329 e. The zero-order valence-electron chi connectivity index (χ0n) is 33.1. The number of imidazole rings is 1. The van der Waals surface area contributed by atoms with E-state index < -0.39 is 17.8 Å². The van der Waals surface area contributed by atoms with Crippen LogP contribution in [0.25, 0.3) is 33.1 Å². The van der Waals surface area contributed by atoms with E-state index in [1.54, 1.807) is 36.7 Å². The minimum absolute atomic E-state index is 0.0308. The van der Waals surface area contributed by atoms with Crippen molar-refractivity contribution in [1.29, 1.82) is 0 Å². The Labute approximate surface area is 339 Å². The number of imide groups is 1. The topological polar surface area (TPSA) is 133 Å². The molecule has 1 N–H and O–H groups in total. The van der Waals surface area contributed by atoms with E-state index in [1.165, 1.54) is 22.5 Å². The Hall–Kier alpha value is -5.47. The van der Waals surface area contributed by atoms with Crippen LogP contribution in [-0.2, 0) is 27.9 Å². The lowest BCUT2D eigenvalue weighted by molar-refractivity contribution is -0.135. The number of piperidine rings is 2. The number of piperazine rings is 1. The zero-order valence-corrected chi connectivity index (χ0v) is 33.9. The summed E-state index contributed by atoms with van der Waals surface area (Å²) in [5.74, 6) is -1.84. The van der Waals surface area contributed by atoms with E-state index in [4.69, 9.17) is 16.0 Å². The van der Waals surface area contributed by atoms with Gasteiger partial charge >= 0.3 is 5.69 Å². The van der Waals surface area contributed by atoms with Crippen LogP contribution in [-0.4, -0.2) is 107 Å². The minimum Gasteiger partial charge on any atom is -0.450 e. The van der Waals surface area contributed by atoms with Crippen molar-refractivity contribution in [2.45, 2.75) is 51.0 Å².